The number of carbonyl (C=O) groups is 1. The molecule has 1 rings (SSSR count). The van der Waals surface area contributed by atoms with Crippen molar-refractivity contribution in [2.75, 3.05) is 20.1 Å². The van der Waals surface area contributed by atoms with Crippen molar-refractivity contribution in [3.8, 4) is 0 Å². The second-order valence-corrected chi connectivity index (χ2v) is 6.22. The first-order valence-corrected chi connectivity index (χ1v) is 8.60. The van der Waals surface area contributed by atoms with Crippen LogP contribution in [0, 0.1) is 0 Å². The number of rotatable bonds is 8. The van der Waals surface area contributed by atoms with Gasteiger partial charge in [0, 0.05) is 31.9 Å². The van der Waals surface area contributed by atoms with Crippen molar-refractivity contribution in [2.24, 2.45) is 4.99 Å². The Hall–Kier alpha value is -0.900. The highest BCUT2D eigenvalue weighted by atomic mass is 127. The molecule has 0 atom stereocenters. The van der Waals surface area contributed by atoms with Crippen LogP contribution < -0.4 is 16.0 Å². The summed E-state index contributed by atoms with van der Waals surface area (Å²) in [5.74, 6) is 1.19. The van der Waals surface area contributed by atoms with Gasteiger partial charge in [0.15, 0.2) is 5.96 Å². The number of halogens is 1. The number of hydrogen-bond acceptors (Lipinski definition) is 4. The second kappa shape index (κ2) is 12.5. The first-order valence-electron chi connectivity index (χ1n) is 7.72. The van der Waals surface area contributed by atoms with Gasteiger partial charge in [-0.25, -0.2) is 4.98 Å². The zero-order valence-electron chi connectivity index (χ0n) is 14.3. The summed E-state index contributed by atoms with van der Waals surface area (Å²) in [5, 5.41) is 12.3. The normalized spacial score (nSPS) is 11.1. The Kier molecular flexibility index (Phi) is 12.0. The van der Waals surface area contributed by atoms with Gasteiger partial charge >= 0.3 is 0 Å². The average Bonchev–Trinajstić information content (AvgIpc) is 2.97. The van der Waals surface area contributed by atoms with Crippen molar-refractivity contribution in [3.63, 3.8) is 0 Å². The summed E-state index contributed by atoms with van der Waals surface area (Å²) < 4.78 is 0. The maximum absolute atomic E-state index is 11.5. The number of thiazole rings is 1. The first-order chi connectivity index (χ1) is 10.6. The van der Waals surface area contributed by atoms with E-state index in [9.17, 15) is 4.79 Å². The van der Waals surface area contributed by atoms with E-state index in [1.165, 1.54) is 0 Å². The summed E-state index contributed by atoms with van der Waals surface area (Å²) in [4.78, 5) is 20.2. The standard InChI is InChI=1S/C15H27N5OS.HI/c1-5-7-17-13(21)6-8-18-15(16-4)19-9-14-20-12(10-22-14)11(2)3;/h10-11H,5-9H2,1-4H3,(H,17,21)(H2,16,18,19);1H. The molecule has 0 aliphatic heterocycles. The quantitative estimate of drug-likeness (QED) is 0.321. The Labute approximate surface area is 160 Å². The van der Waals surface area contributed by atoms with Crippen molar-refractivity contribution >= 4 is 47.2 Å². The largest absolute Gasteiger partial charge is 0.356 e. The van der Waals surface area contributed by atoms with Crippen molar-refractivity contribution in [2.45, 2.75) is 46.1 Å². The third-order valence-corrected chi connectivity index (χ3v) is 3.88. The molecule has 0 fully saturated rings. The predicted octanol–water partition coefficient (Wildman–Crippen LogP) is 2.47. The summed E-state index contributed by atoms with van der Waals surface area (Å²) in [6.45, 7) is 8.23. The summed E-state index contributed by atoms with van der Waals surface area (Å²) in [7, 11) is 1.72. The van der Waals surface area contributed by atoms with Gasteiger partial charge in [0.25, 0.3) is 0 Å². The molecule has 132 valence electrons. The predicted molar refractivity (Wildman–Crippen MR) is 108 cm³/mol. The van der Waals surface area contributed by atoms with Crippen LogP contribution in [0.2, 0.25) is 0 Å². The number of amides is 1. The zero-order valence-corrected chi connectivity index (χ0v) is 17.5. The van der Waals surface area contributed by atoms with E-state index in [0.717, 1.165) is 23.7 Å². The molecular weight excluding hydrogens is 425 g/mol. The van der Waals surface area contributed by atoms with Crippen molar-refractivity contribution < 1.29 is 4.79 Å². The van der Waals surface area contributed by atoms with Gasteiger partial charge in [-0.2, -0.15) is 0 Å². The molecule has 1 aromatic rings. The Morgan fingerprint density at radius 3 is 2.61 bits per heavy atom. The summed E-state index contributed by atoms with van der Waals surface area (Å²) in [5.41, 5.74) is 1.12. The van der Waals surface area contributed by atoms with E-state index >= 15 is 0 Å². The van der Waals surface area contributed by atoms with Crippen LogP contribution in [-0.4, -0.2) is 37.0 Å². The van der Waals surface area contributed by atoms with Gasteiger partial charge in [-0.3, -0.25) is 9.79 Å². The molecule has 0 saturated carbocycles. The van der Waals surface area contributed by atoms with E-state index in [0.29, 0.717) is 31.4 Å². The van der Waals surface area contributed by atoms with Gasteiger partial charge in [-0.15, -0.1) is 35.3 Å². The molecule has 6 nitrogen and oxygen atoms in total. The highest BCUT2D eigenvalue weighted by Crippen LogP contribution is 2.17. The van der Waals surface area contributed by atoms with Gasteiger partial charge in [-0.1, -0.05) is 20.8 Å². The van der Waals surface area contributed by atoms with Crippen LogP contribution >= 0.6 is 35.3 Å². The lowest BCUT2D eigenvalue weighted by molar-refractivity contribution is -0.120. The fourth-order valence-corrected chi connectivity index (χ4v) is 2.59. The van der Waals surface area contributed by atoms with Crippen LogP contribution in [0.1, 0.15) is 50.2 Å². The van der Waals surface area contributed by atoms with E-state index in [4.69, 9.17) is 0 Å². The SMILES string of the molecule is CCCNC(=O)CCNC(=NC)NCc1nc(C(C)C)cs1.I. The molecule has 3 N–H and O–H groups in total. The van der Waals surface area contributed by atoms with E-state index in [2.05, 4.69) is 45.2 Å². The number of carbonyl (C=O) groups excluding carboxylic acids is 1. The number of nitrogens with one attached hydrogen (secondary N) is 3. The van der Waals surface area contributed by atoms with E-state index in [1.807, 2.05) is 6.92 Å². The molecular formula is C15H28IN5OS. The molecule has 23 heavy (non-hydrogen) atoms. The number of nitrogens with zero attached hydrogens (tertiary/aromatic N) is 2. The zero-order chi connectivity index (χ0) is 16.4. The Bertz CT molecular complexity index is 490. The minimum Gasteiger partial charge on any atom is -0.356 e. The molecule has 8 heteroatoms. The van der Waals surface area contributed by atoms with Gasteiger partial charge in [0.1, 0.15) is 5.01 Å². The summed E-state index contributed by atoms with van der Waals surface area (Å²) in [6, 6.07) is 0. The van der Waals surface area contributed by atoms with Crippen LogP contribution in [0.5, 0.6) is 0 Å². The van der Waals surface area contributed by atoms with Crippen LogP contribution in [-0.2, 0) is 11.3 Å². The average molecular weight is 453 g/mol. The number of guanidine groups is 1. The second-order valence-electron chi connectivity index (χ2n) is 5.27. The van der Waals surface area contributed by atoms with Crippen molar-refractivity contribution in [1.82, 2.24) is 20.9 Å². The monoisotopic (exact) mass is 453 g/mol. The Morgan fingerprint density at radius 1 is 1.30 bits per heavy atom. The molecule has 1 amide bonds. The van der Waals surface area contributed by atoms with Crippen molar-refractivity contribution in [1.29, 1.82) is 0 Å². The minimum absolute atomic E-state index is 0. The third kappa shape index (κ3) is 9.09. The van der Waals surface area contributed by atoms with E-state index < -0.39 is 0 Å². The lowest BCUT2D eigenvalue weighted by Crippen LogP contribution is -2.39. The molecule has 0 aliphatic rings. The molecule has 0 radical (unpaired) electrons. The van der Waals surface area contributed by atoms with Crippen LogP contribution in [0.3, 0.4) is 0 Å². The fraction of sp³-hybridized carbons (Fsp3) is 0.667. The smallest absolute Gasteiger partial charge is 0.221 e. The molecule has 0 unspecified atom stereocenters. The van der Waals surface area contributed by atoms with Gasteiger partial charge in [0.2, 0.25) is 5.91 Å². The molecule has 1 aromatic heterocycles. The maximum Gasteiger partial charge on any atom is 0.221 e. The van der Waals surface area contributed by atoms with Crippen LogP contribution in [0.25, 0.3) is 0 Å². The Morgan fingerprint density at radius 2 is 2.04 bits per heavy atom. The maximum atomic E-state index is 11.5. The summed E-state index contributed by atoms with van der Waals surface area (Å²) >= 11 is 1.65. The van der Waals surface area contributed by atoms with Gasteiger partial charge in [0.05, 0.1) is 12.2 Å². The van der Waals surface area contributed by atoms with Crippen LogP contribution in [0.4, 0.5) is 0 Å². The number of hydrogen-bond donors (Lipinski definition) is 3. The van der Waals surface area contributed by atoms with E-state index in [1.54, 1.807) is 18.4 Å². The summed E-state index contributed by atoms with van der Waals surface area (Å²) in [6.07, 6.45) is 1.39. The fourth-order valence-electron chi connectivity index (χ4n) is 1.70. The van der Waals surface area contributed by atoms with Gasteiger partial charge < -0.3 is 16.0 Å². The molecule has 0 spiro atoms. The topological polar surface area (TPSA) is 78.4 Å². The lowest BCUT2D eigenvalue weighted by atomic mass is 10.2. The molecule has 0 aliphatic carbocycles. The number of aliphatic imine (C=N–C) groups is 1. The molecule has 0 bridgehead atoms. The van der Waals surface area contributed by atoms with Crippen molar-refractivity contribution in [3.05, 3.63) is 16.1 Å². The Balaban J connectivity index is 0.00000484. The van der Waals surface area contributed by atoms with Crippen LogP contribution in [0.15, 0.2) is 10.4 Å². The molecule has 0 saturated heterocycles. The lowest BCUT2D eigenvalue weighted by Gasteiger charge is -2.10. The van der Waals surface area contributed by atoms with E-state index in [-0.39, 0.29) is 29.9 Å². The molecule has 1 heterocycles. The molecule has 0 aromatic carbocycles. The highest BCUT2D eigenvalue weighted by Gasteiger charge is 2.06. The highest BCUT2D eigenvalue weighted by molar-refractivity contribution is 14.0. The third-order valence-electron chi connectivity index (χ3n) is 3.01. The first kappa shape index (κ1) is 22.1. The number of aromatic nitrogens is 1. The van der Waals surface area contributed by atoms with Gasteiger partial charge in [-0.05, 0) is 12.3 Å². The minimum atomic E-state index is 0.